The van der Waals surface area contributed by atoms with E-state index in [4.69, 9.17) is 0 Å². The summed E-state index contributed by atoms with van der Waals surface area (Å²) in [4.78, 5) is 14.7. The molecule has 0 saturated carbocycles. The molecule has 0 aromatic heterocycles. The highest BCUT2D eigenvalue weighted by molar-refractivity contribution is 9.10. The molecule has 2 aromatic carbocycles. The molecule has 21 heavy (non-hydrogen) atoms. The number of nitrogens with zero attached hydrogens (tertiary/aromatic N) is 1. The van der Waals surface area contributed by atoms with Crippen LogP contribution < -0.4 is 4.90 Å². The van der Waals surface area contributed by atoms with Crippen molar-refractivity contribution in [1.29, 1.82) is 0 Å². The van der Waals surface area contributed by atoms with Crippen LogP contribution in [0.3, 0.4) is 0 Å². The van der Waals surface area contributed by atoms with Crippen molar-refractivity contribution in [3.8, 4) is 0 Å². The number of amides is 1. The van der Waals surface area contributed by atoms with Crippen LogP contribution in [0.1, 0.15) is 35.7 Å². The van der Waals surface area contributed by atoms with Gasteiger partial charge in [0, 0.05) is 16.7 Å². The molecule has 0 unspecified atom stereocenters. The maximum absolute atomic E-state index is 12.9. The van der Waals surface area contributed by atoms with Gasteiger partial charge in [0.25, 0.3) is 5.91 Å². The number of unbranched alkanes of at least 4 members (excludes halogenated alkanes) is 1. The van der Waals surface area contributed by atoms with Crippen LogP contribution in [0.5, 0.6) is 0 Å². The second-order valence-electron chi connectivity index (χ2n) is 5.13. The number of anilines is 1. The number of aryl methyl sites for hydroxylation is 1. The van der Waals surface area contributed by atoms with Crippen LogP contribution in [0, 0.1) is 6.92 Å². The molecule has 0 radical (unpaired) electrons. The lowest BCUT2D eigenvalue weighted by molar-refractivity contribution is 0.0986. The van der Waals surface area contributed by atoms with Gasteiger partial charge in [0.1, 0.15) is 0 Å². The van der Waals surface area contributed by atoms with E-state index in [0.717, 1.165) is 35.1 Å². The molecule has 0 spiro atoms. The van der Waals surface area contributed by atoms with Crippen molar-refractivity contribution in [1.82, 2.24) is 0 Å². The molecular formula is C18H20BrNO. The van der Waals surface area contributed by atoms with E-state index in [0.29, 0.717) is 5.56 Å². The summed E-state index contributed by atoms with van der Waals surface area (Å²) in [6, 6.07) is 15.7. The van der Waals surface area contributed by atoms with Crippen LogP contribution in [0.25, 0.3) is 0 Å². The van der Waals surface area contributed by atoms with Gasteiger partial charge in [-0.25, -0.2) is 0 Å². The molecule has 2 nitrogen and oxygen atoms in total. The molecule has 0 fully saturated rings. The average Bonchev–Trinajstić information content (AvgIpc) is 2.48. The summed E-state index contributed by atoms with van der Waals surface area (Å²) in [5.41, 5.74) is 2.79. The molecule has 110 valence electrons. The minimum atomic E-state index is 0.0431. The quantitative estimate of drug-likeness (QED) is 0.728. The SMILES string of the molecule is CCCCN(C(=O)c1ccc(C)cc1Br)c1ccccc1. The zero-order valence-corrected chi connectivity index (χ0v) is 14.1. The van der Waals surface area contributed by atoms with Crippen LogP contribution in [-0.4, -0.2) is 12.5 Å². The van der Waals surface area contributed by atoms with Crippen molar-refractivity contribution in [2.24, 2.45) is 0 Å². The molecule has 0 aliphatic rings. The Morgan fingerprint density at radius 3 is 2.48 bits per heavy atom. The summed E-state index contributed by atoms with van der Waals surface area (Å²) in [5.74, 6) is 0.0431. The summed E-state index contributed by atoms with van der Waals surface area (Å²) in [6.45, 7) is 4.89. The lowest BCUT2D eigenvalue weighted by atomic mass is 10.1. The largest absolute Gasteiger partial charge is 0.308 e. The lowest BCUT2D eigenvalue weighted by Gasteiger charge is -2.23. The second kappa shape index (κ2) is 7.41. The number of carbonyl (C=O) groups excluding carboxylic acids is 1. The summed E-state index contributed by atoms with van der Waals surface area (Å²) in [6.07, 6.45) is 2.05. The number of benzene rings is 2. The number of halogens is 1. The zero-order valence-electron chi connectivity index (χ0n) is 12.5. The first-order chi connectivity index (χ1) is 10.1. The van der Waals surface area contributed by atoms with Crippen molar-refractivity contribution >= 4 is 27.5 Å². The molecule has 0 atom stereocenters. The molecule has 0 bridgehead atoms. The van der Waals surface area contributed by atoms with E-state index >= 15 is 0 Å². The number of carbonyl (C=O) groups is 1. The van der Waals surface area contributed by atoms with Gasteiger partial charge in [-0.3, -0.25) is 4.79 Å². The fourth-order valence-corrected chi connectivity index (χ4v) is 2.87. The number of rotatable bonds is 5. The second-order valence-corrected chi connectivity index (χ2v) is 5.98. The molecule has 0 heterocycles. The smallest absolute Gasteiger partial charge is 0.259 e. The highest BCUT2D eigenvalue weighted by atomic mass is 79.9. The summed E-state index contributed by atoms with van der Waals surface area (Å²) in [7, 11) is 0. The zero-order chi connectivity index (χ0) is 15.2. The molecule has 1 amide bonds. The van der Waals surface area contributed by atoms with Gasteiger partial charge in [0.15, 0.2) is 0 Å². The molecular weight excluding hydrogens is 326 g/mol. The van der Waals surface area contributed by atoms with E-state index < -0.39 is 0 Å². The Balaban J connectivity index is 2.34. The third-order valence-corrected chi connectivity index (χ3v) is 4.06. The first kappa shape index (κ1) is 15.8. The Morgan fingerprint density at radius 2 is 1.86 bits per heavy atom. The highest BCUT2D eigenvalue weighted by Crippen LogP contribution is 2.23. The van der Waals surface area contributed by atoms with Crippen molar-refractivity contribution in [2.75, 3.05) is 11.4 Å². The summed E-state index contributed by atoms with van der Waals surface area (Å²) >= 11 is 3.51. The maximum atomic E-state index is 12.9. The monoisotopic (exact) mass is 345 g/mol. The van der Waals surface area contributed by atoms with Crippen LogP contribution in [0.2, 0.25) is 0 Å². The first-order valence-corrected chi connectivity index (χ1v) is 8.06. The van der Waals surface area contributed by atoms with Gasteiger partial charge in [0.2, 0.25) is 0 Å². The maximum Gasteiger partial charge on any atom is 0.259 e. The lowest BCUT2D eigenvalue weighted by Crippen LogP contribution is -2.32. The van der Waals surface area contributed by atoms with Crippen LogP contribution >= 0.6 is 15.9 Å². The van der Waals surface area contributed by atoms with Crippen molar-refractivity contribution in [3.05, 3.63) is 64.1 Å². The van der Waals surface area contributed by atoms with Crippen molar-refractivity contribution in [3.63, 3.8) is 0 Å². The van der Waals surface area contributed by atoms with Crippen LogP contribution in [-0.2, 0) is 0 Å². The van der Waals surface area contributed by atoms with Crippen LogP contribution in [0.15, 0.2) is 53.0 Å². The van der Waals surface area contributed by atoms with E-state index in [2.05, 4.69) is 22.9 Å². The predicted molar refractivity (Wildman–Crippen MR) is 91.9 cm³/mol. The number of hydrogen-bond acceptors (Lipinski definition) is 1. The van der Waals surface area contributed by atoms with E-state index in [9.17, 15) is 4.79 Å². The fraction of sp³-hybridized carbons (Fsp3) is 0.278. The molecule has 0 aliphatic heterocycles. The van der Waals surface area contributed by atoms with Gasteiger partial charge in [-0.05, 0) is 59.1 Å². The molecule has 3 heteroatoms. The molecule has 0 aliphatic carbocycles. The highest BCUT2D eigenvalue weighted by Gasteiger charge is 2.19. The first-order valence-electron chi connectivity index (χ1n) is 7.26. The van der Waals surface area contributed by atoms with E-state index in [-0.39, 0.29) is 5.91 Å². The minimum absolute atomic E-state index is 0.0431. The Bertz CT molecular complexity index is 610. The molecule has 2 aromatic rings. The topological polar surface area (TPSA) is 20.3 Å². The van der Waals surface area contributed by atoms with Gasteiger partial charge >= 0.3 is 0 Å². The number of para-hydroxylation sites is 1. The Hall–Kier alpha value is -1.61. The van der Waals surface area contributed by atoms with Gasteiger partial charge in [-0.15, -0.1) is 0 Å². The normalized spacial score (nSPS) is 10.4. The fourth-order valence-electron chi connectivity index (χ4n) is 2.21. The van der Waals surface area contributed by atoms with Crippen molar-refractivity contribution in [2.45, 2.75) is 26.7 Å². The Labute approximate surface area is 134 Å². The minimum Gasteiger partial charge on any atom is -0.308 e. The average molecular weight is 346 g/mol. The third-order valence-electron chi connectivity index (χ3n) is 3.40. The summed E-state index contributed by atoms with van der Waals surface area (Å²) < 4.78 is 0.852. The Morgan fingerprint density at radius 1 is 1.14 bits per heavy atom. The molecule has 2 rings (SSSR count). The van der Waals surface area contributed by atoms with Gasteiger partial charge < -0.3 is 4.90 Å². The standard InChI is InChI=1S/C18H20BrNO/c1-3-4-12-20(15-8-6-5-7-9-15)18(21)16-11-10-14(2)13-17(16)19/h5-11,13H,3-4,12H2,1-2H3. The van der Waals surface area contributed by atoms with E-state index in [1.807, 2.05) is 60.4 Å². The van der Waals surface area contributed by atoms with Crippen LogP contribution in [0.4, 0.5) is 5.69 Å². The van der Waals surface area contributed by atoms with Gasteiger partial charge in [0.05, 0.1) is 5.56 Å². The molecule has 0 saturated heterocycles. The van der Waals surface area contributed by atoms with Gasteiger partial charge in [-0.1, -0.05) is 37.6 Å². The summed E-state index contributed by atoms with van der Waals surface area (Å²) in [5, 5.41) is 0. The Kier molecular flexibility index (Phi) is 5.57. The van der Waals surface area contributed by atoms with Gasteiger partial charge in [-0.2, -0.15) is 0 Å². The van der Waals surface area contributed by atoms with E-state index in [1.165, 1.54) is 0 Å². The molecule has 0 N–H and O–H groups in total. The van der Waals surface area contributed by atoms with E-state index in [1.54, 1.807) is 0 Å². The van der Waals surface area contributed by atoms with Crippen molar-refractivity contribution < 1.29 is 4.79 Å². The number of hydrogen-bond donors (Lipinski definition) is 0. The predicted octanol–water partition coefficient (Wildman–Crippen LogP) is 5.20. The third kappa shape index (κ3) is 3.94.